The highest BCUT2D eigenvalue weighted by atomic mass is 16.4. The smallest absolute Gasteiger partial charge is 0.314 e. The molecule has 1 aromatic carbocycles. The Hall–Kier alpha value is -1.84. The minimum absolute atomic E-state index is 0.424. The normalized spacial score (nSPS) is 14.2. The van der Waals surface area contributed by atoms with E-state index in [9.17, 15) is 9.59 Å². The largest absolute Gasteiger partial charge is 0.481 e. The molecule has 4 heteroatoms. The summed E-state index contributed by atoms with van der Waals surface area (Å²) in [5.74, 6) is -2.25. The van der Waals surface area contributed by atoms with Gasteiger partial charge in [0.15, 0.2) is 0 Å². The molecule has 0 amide bonds. The number of carboxylic acid groups (broad SMARTS) is 2. The topological polar surface area (TPSA) is 74.6 Å². The summed E-state index contributed by atoms with van der Waals surface area (Å²) in [7, 11) is 0. The molecule has 0 radical (unpaired) electrons. The molecule has 0 fully saturated rings. The van der Waals surface area contributed by atoms with Gasteiger partial charge in [-0.3, -0.25) is 9.59 Å². The molecular formula is C11H12O4. The second kappa shape index (κ2) is 4.13. The maximum atomic E-state index is 11.1. The summed E-state index contributed by atoms with van der Waals surface area (Å²) in [6, 6.07) is 8.39. The average molecular weight is 208 g/mol. The Morgan fingerprint density at radius 1 is 1.20 bits per heavy atom. The molecule has 2 N–H and O–H groups in total. The SMILES string of the molecule is C[C@@](CC(=O)O)(C(=O)O)c1ccccc1. The van der Waals surface area contributed by atoms with Gasteiger partial charge in [-0.05, 0) is 12.5 Å². The second-order valence-electron chi connectivity index (χ2n) is 3.57. The molecule has 0 saturated carbocycles. The third-order valence-corrected chi connectivity index (χ3v) is 2.39. The van der Waals surface area contributed by atoms with Crippen LogP contribution in [-0.4, -0.2) is 22.2 Å². The minimum Gasteiger partial charge on any atom is -0.481 e. The van der Waals surface area contributed by atoms with Crippen LogP contribution in [0.4, 0.5) is 0 Å². The van der Waals surface area contributed by atoms with Crippen molar-refractivity contribution in [3.8, 4) is 0 Å². The first-order valence-corrected chi connectivity index (χ1v) is 4.47. The molecule has 1 aromatic rings. The van der Waals surface area contributed by atoms with Crippen LogP contribution in [0.2, 0.25) is 0 Å². The molecule has 0 bridgehead atoms. The van der Waals surface area contributed by atoms with E-state index in [0.29, 0.717) is 5.56 Å². The van der Waals surface area contributed by atoms with Gasteiger partial charge in [-0.15, -0.1) is 0 Å². The molecular weight excluding hydrogens is 196 g/mol. The number of hydrogen-bond donors (Lipinski definition) is 2. The van der Waals surface area contributed by atoms with Crippen molar-refractivity contribution in [1.29, 1.82) is 0 Å². The fourth-order valence-electron chi connectivity index (χ4n) is 1.41. The zero-order chi connectivity index (χ0) is 11.5. The van der Waals surface area contributed by atoms with Crippen LogP contribution < -0.4 is 0 Å². The van der Waals surface area contributed by atoms with Gasteiger partial charge in [0, 0.05) is 0 Å². The van der Waals surface area contributed by atoms with Gasteiger partial charge >= 0.3 is 11.9 Å². The van der Waals surface area contributed by atoms with E-state index >= 15 is 0 Å². The maximum absolute atomic E-state index is 11.1. The van der Waals surface area contributed by atoms with E-state index in [4.69, 9.17) is 10.2 Å². The highest BCUT2D eigenvalue weighted by Crippen LogP contribution is 2.27. The van der Waals surface area contributed by atoms with Crippen molar-refractivity contribution in [2.75, 3.05) is 0 Å². The van der Waals surface area contributed by atoms with Gasteiger partial charge in [0.25, 0.3) is 0 Å². The van der Waals surface area contributed by atoms with Crippen LogP contribution in [0.25, 0.3) is 0 Å². The van der Waals surface area contributed by atoms with Crippen LogP contribution in [0.5, 0.6) is 0 Å². The Balaban J connectivity index is 3.13. The summed E-state index contributed by atoms with van der Waals surface area (Å²) >= 11 is 0. The maximum Gasteiger partial charge on any atom is 0.314 e. The Morgan fingerprint density at radius 2 is 1.73 bits per heavy atom. The summed E-state index contributed by atoms with van der Waals surface area (Å²) < 4.78 is 0. The number of aliphatic carboxylic acids is 2. The highest BCUT2D eigenvalue weighted by molar-refractivity contribution is 5.86. The van der Waals surface area contributed by atoms with E-state index in [1.54, 1.807) is 30.3 Å². The lowest BCUT2D eigenvalue weighted by molar-refractivity contribution is -0.149. The Kier molecular flexibility index (Phi) is 3.09. The van der Waals surface area contributed by atoms with Crippen LogP contribution in [0.3, 0.4) is 0 Å². The molecule has 1 rings (SSSR count). The van der Waals surface area contributed by atoms with E-state index in [-0.39, 0.29) is 0 Å². The van der Waals surface area contributed by atoms with Gasteiger partial charge in [0.05, 0.1) is 6.42 Å². The number of carboxylic acids is 2. The summed E-state index contributed by atoms with van der Waals surface area (Å²) in [5.41, 5.74) is -0.868. The standard InChI is InChI=1S/C11H12O4/c1-11(10(14)15,7-9(12)13)8-5-3-2-4-6-8/h2-6H,7H2,1H3,(H,12,13)(H,14,15)/t11-/m0/s1. The van der Waals surface area contributed by atoms with Crippen LogP contribution in [0, 0.1) is 0 Å². The van der Waals surface area contributed by atoms with Gasteiger partial charge in [-0.25, -0.2) is 0 Å². The molecule has 4 nitrogen and oxygen atoms in total. The summed E-state index contributed by atoms with van der Waals surface area (Å²) in [5, 5.41) is 17.8. The first kappa shape index (κ1) is 11.2. The van der Waals surface area contributed by atoms with Crippen LogP contribution in [0.15, 0.2) is 30.3 Å². The van der Waals surface area contributed by atoms with Crippen molar-refractivity contribution >= 4 is 11.9 Å². The van der Waals surface area contributed by atoms with Crippen LogP contribution in [-0.2, 0) is 15.0 Å². The average Bonchev–Trinajstić information content (AvgIpc) is 2.17. The van der Waals surface area contributed by atoms with Gasteiger partial charge in [0.2, 0.25) is 0 Å². The van der Waals surface area contributed by atoms with Crippen molar-refractivity contribution < 1.29 is 19.8 Å². The van der Waals surface area contributed by atoms with Gasteiger partial charge in [-0.2, -0.15) is 0 Å². The van der Waals surface area contributed by atoms with Crippen LogP contribution >= 0.6 is 0 Å². The lowest BCUT2D eigenvalue weighted by Crippen LogP contribution is -2.34. The Bertz CT molecular complexity index is 371. The molecule has 0 aliphatic heterocycles. The summed E-state index contributed by atoms with van der Waals surface area (Å²) in [6.07, 6.45) is -0.424. The number of carbonyl (C=O) groups is 2. The van der Waals surface area contributed by atoms with E-state index in [1.807, 2.05) is 0 Å². The number of rotatable bonds is 4. The van der Waals surface area contributed by atoms with Gasteiger partial charge < -0.3 is 10.2 Å². The Morgan fingerprint density at radius 3 is 2.13 bits per heavy atom. The first-order valence-electron chi connectivity index (χ1n) is 4.47. The molecule has 0 unspecified atom stereocenters. The second-order valence-corrected chi connectivity index (χ2v) is 3.57. The molecule has 0 saturated heterocycles. The van der Waals surface area contributed by atoms with Gasteiger partial charge in [-0.1, -0.05) is 30.3 Å². The lowest BCUT2D eigenvalue weighted by atomic mass is 9.79. The van der Waals surface area contributed by atoms with Crippen molar-refractivity contribution in [2.24, 2.45) is 0 Å². The molecule has 0 aliphatic rings. The molecule has 15 heavy (non-hydrogen) atoms. The minimum atomic E-state index is -1.37. The quantitative estimate of drug-likeness (QED) is 0.786. The molecule has 80 valence electrons. The third kappa shape index (κ3) is 2.34. The zero-order valence-electron chi connectivity index (χ0n) is 8.30. The van der Waals surface area contributed by atoms with E-state index in [0.717, 1.165) is 0 Å². The fourth-order valence-corrected chi connectivity index (χ4v) is 1.41. The van der Waals surface area contributed by atoms with Crippen molar-refractivity contribution in [2.45, 2.75) is 18.8 Å². The Labute approximate surface area is 87.2 Å². The van der Waals surface area contributed by atoms with Crippen LogP contribution in [0.1, 0.15) is 18.9 Å². The monoisotopic (exact) mass is 208 g/mol. The van der Waals surface area contributed by atoms with Crippen molar-refractivity contribution in [3.05, 3.63) is 35.9 Å². The summed E-state index contributed by atoms with van der Waals surface area (Å²) in [6.45, 7) is 1.42. The highest BCUT2D eigenvalue weighted by Gasteiger charge is 2.37. The van der Waals surface area contributed by atoms with Crippen molar-refractivity contribution in [3.63, 3.8) is 0 Å². The zero-order valence-corrected chi connectivity index (χ0v) is 8.30. The predicted octanol–water partition coefficient (Wildman–Crippen LogP) is 1.50. The first-order chi connectivity index (χ1) is 6.97. The third-order valence-electron chi connectivity index (χ3n) is 2.39. The number of hydrogen-bond acceptors (Lipinski definition) is 2. The fraction of sp³-hybridized carbons (Fsp3) is 0.273. The number of benzene rings is 1. The van der Waals surface area contributed by atoms with E-state index in [2.05, 4.69) is 0 Å². The molecule has 0 aromatic heterocycles. The lowest BCUT2D eigenvalue weighted by Gasteiger charge is -2.23. The molecule has 0 spiro atoms. The molecule has 1 atom stereocenters. The van der Waals surface area contributed by atoms with Gasteiger partial charge in [0.1, 0.15) is 5.41 Å². The van der Waals surface area contributed by atoms with Crippen molar-refractivity contribution in [1.82, 2.24) is 0 Å². The molecule has 0 heterocycles. The predicted molar refractivity (Wildman–Crippen MR) is 53.7 cm³/mol. The summed E-state index contributed by atoms with van der Waals surface area (Å²) in [4.78, 5) is 21.7. The molecule has 0 aliphatic carbocycles. The van der Waals surface area contributed by atoms with E-state index in [1.165, 1.54) is 6.92 Å². The van der Waals surface area contributed by atoms with E-state index < -0.39 is 23.8 Å².